The van der Waals surface area contributed by atoms with E-state index in [0.29, 0.717) is 12.5 Å². The zero-order valence-electron chi connectivity index (χ0n) is 11.9. The molecule has 1 aromatic carbocycles. The second kappa shape index (κ2) is 6.55. The van der Waals surface area contributed by atoms with Crippen LogP contribution in [0.1, 0.15) is 35.3 Å². The Labute approximate surface area is 110 Å². The predicted octanol–water partition coefficient (Wildman–Crippen LogP) is 2.36. The van der Waals surface area contributed by atoms with Crippen molar-refractivity contribution in [2.24, 2.45) is 11.7 Å². The molecule has 0 aliphatic heterocycles. The number of aryl methyl sites for hydroxylation is 2. The summed E-state index contributed by atoms with van der Waals surface area (Å²) in [5, 5.41) is 0. The van der Waals surface area contributed by atoms with E-state index in [1.807, 2.05) is 37.8 Å². The first-order chi connectivity index (χ1) is 8.47. The highest BCUT2D eigenvalue weighted by Crippen LogP contribution is 2.12. The smallest absolute Gasteiger partial charge is 0.253 e. The van der Waals surface area contributed by atoms with Crippen molar-refractivity contribution in [3.63, 3.8) is 0 Å². The summed E-state index contributed by atoms with van der Waals surface area (Å²) in [5.74, 6) is 0.435. The minimum Gasteiger partial charge on any atom is -0.339 e. The first-order valence-corrected chi connectivity index (χ1v) is 6.55. The van der Waals surface area contributed by atoms with E-state index >= 15 is 0 Å². The van der Waals surface area contributed by atoms with Crippen LogP contribution in [0.15, 0.2) is 18.2 Å². The van der Waals surface area contributed by atoms with E-state index in [4.69, 9.17) is 5.73 Å². The van der Waals surface area contributed by atoms with Gasteiger partial charge >= 0.3 is 0 Å². The van der Waals surface area contributed by atoms with Crippen LogP contribution in [0.2, 0.25) is 0 Å². The van der Waals surface area contributed by atoms with Gasteiger partial charge in [-0.3, -0.25) is 4.79 Å². The van der Waals surface area contributed by atoms with Gasteiger partial charge in [0.2, 0.25) is 0 Å². The Morgan fingerprint density at radius 2 is 1.83 bits per heavy atom. The summed E-state index contributed by atoms with van der Waals surface area (Å²) < 4.78 is 0. The van der Waals surface area contributed by atoms with Gasteiger partial charge in [-0.25, -0.2) is 0 Å². The molecule has 100 valence electrons. The molecular weight excluding hydrogens is 224 g/mol. The van der Waals surface area contributed by atoms with Crippen molar-refractivity contribution >= 4 is 5.91 Å². The highest BCUT2D eigenvalue weighted by Gasteiger charge is 2.16. The predicted molar refractivity (Wildman–Crippen MR) is 75.7 cm³/mol. The maximum Gasteiger partial charge on any atom is 0.253 e. The van der Waals surface area contributed by atoms with E-state index in [1.54, 1.807) is 0 Å². The van der Waals surface area contributed by atoms with Crippen LogP contribution in [-0.4, -0.2) is 30.4 Å². The number of amides is 1. The normalized spacial score (nSPS) is 12.3. The minimum atomic E-state index is 0.101. The van der Waals surface area contributed by atoms with E-state index in [9.17, 15) is 4.79 Å². The fraction of sp³-hybridized carbons (Fsp3) is 0.533. The van der Waals surface area contributed by atoms with E-state index in [0.717, 1.165) is 29.8 Å². The lowest BCUT2D eigenvalue weighted by Gasteiger charge is -2.24. The number of benzene rings is 1. The number of carbonyl (C=O) groups is 1. The van der Waals surface area contributed by atoms with E-state index in [2.05, 4.69) is 13.0 Å². The molecule has 3 nitrogen and oxygen atoms in total. The summed E-state index contributed by atoms with van der Waals surface area (Å²) in [6.07, 6.45) is 0. The van der Waals surface area contributed by atoms with Gasteiger partial charge in [-0.2, -0.15) is 0 Å². The molecule has 0 radical (unpaired) electrons. The second-order valence-corrected chi connectivity index (χ2v) is 5.06. The van der Waals surface area contributed by atoms with E-state index in [1.165, 1.54) is 0 Å². The van der Waals surface area contributed by atoms with Crippen molar-refractivity contribution in [3.8, 4) is 0 Å². The van der Waals surface area contributed by atoms with Gasteiger partial charge in [0.15, 0.2) is 0 Å². The lowest BCUT2D eigenvalue weighted by atomic mass is 10.1. The number of nitrogens with zero attached hydrogens (tertiary/aromatic N) is 1. The van der Waals surface area contributed by atoms with Crippen LogP contribution in [0, 0.1) is 19.8 Å². The van der Waals surface area contributed by atoms with Gasteiger partial charge in [0.1, 0.15) is 0 Å². The van der Waals surface area contributed by atoms with Crippen LogP contribution in [0.25, 0.3) is 0 Å². The summed E-state index contributed by atoms with van der Waals surface area (Å²) in [4.78, 5) is 14.3. The van der Waals surface area contributed by atoms with Gasteiger partial charge in [0, 0.05) is 18.7 Å². The topological polar surface area (TPSA) is 46.3 Å². The Bertz CT molecular complexity index is 395. The van der Waals surface area contributed by atoms with Gasteiger partial charge in [0.05, 0.1) is 0 Å². The third kappa shape index (κ3) is 3.84. The third-order valence-corrected chi connectivity index (χ3v) is 3.07. The zero-order valence-corrected chi connectivity index (χ0v) is 11.9. The van der Waals surface area contributed by atoms with Crippen LogP contribution < -0.4 is 5.73 Å². The van der Waals surface area contributed by atoms with Crippen molar-refractivity contribution in [1.82, 2.24) is 4.90 Å². The fourth-order valence-electron chi connectivity index (χ4n) is 2.09. The molecule has 0 fully saturated rings. The van der Waals surface area contributed by atoms with Crippen molar-refractivity contribution in [1.29, 1.82) is 0 Å². The SMILES string of the molecule is CCN(CC(C)CN)C(=O)c1cc(C)cc(C)c1. The number of hydrogen-bond acceptors (Lipinski definition) is 2. The molecule has 0 aliphatic carbocycles. The molecule has 0 heterocycles. The summed E-state index contributed by atoms with van der Waals surface area (Å²) >= 11 is 0. The molecule has 18 heavy (non-hydrogen) atoms. The van der Waals surface area contributed by atoms with Crippen LogP contribution in [0.4, 0.5) is 0 Å². The maximum atomic E-state index is 12.4. The average Bonchev–Trinajstić information content (AvgIpc) is 2.33. The van der Waals surface area contributed by atoms with Gasteiger partial charge in [-0.15, -0.1) is 0 Å². The van der Waals surface area contributed by atoms with Gasteiger partial charge < -0.3 is 10.6 Å². The number of carbonyl (C=O) groups excluding carboxylic acids is 1. The zero-order chi connectivity index (χ0) is 13.7. The van der Waals surface area contributed by atoms with Gasteiger partial charge in [0.25, 0.3) is 5.91 Å². The molecular formula is C15H24N2O. The summed E-state index contributed by atoms with van der Waals surface area (Å²) in [5.41, 5.74) is 8.65. The van der Waals surface area contributed by atoms with Crippen molar-refractivity contribution < 1.29 is 4.79 Å². The Morgan fingerprint density at radius 1 is 1.28 bits per heavy atom. The van der Waals surface area contributed by atoms with E-state index < -0.39 is 0 Å². The van der Waals surface area contributed by atoms with E-state index in [-0.39, 0.29) is 5.91 Å². The summed E-state index contributed by atoms with van der Waals surface area (Å²) in [6, 6.07) is 5.98. The molecule has 1 rings (SSSR count). The van der Waals surface area contributed by atoms with Crippen LogP contribution in [0.3, 0.4) is 0 Å². The van der Waals surface area contributed by atoms with Crippen LogP contribution >= 0.6 is 0 Å². The second-order valence-electron chi connectivity index (χ2n) is 5.06. The Hall–Kier alpha value is -1.35. The lowest BCUT2D eigenvalue weighted by Crippen LogP contribution is -2.36. The molecule has 1 atom stereocenters. The van der Waals surface area contributed by atoms with Crippen molar-refractivity contribution in [3.05, 3.63) is 34.9 Å². The molecule has 1 unspecified atom stereocenters. The molecule has 2 N–H and O–H groups in total. The van der Waals surface area contributed by atoms with Crippen LogP contribution in [-0.2, 0) is 0 Å². The molecule has 1 aromatic rings. The Kier molecular flexibility index (Phi) is 5.35. The molecule has 3 heteroatoms. The molecule has 0 saturated heterocycles. The quantitative estimate of drug-likeness (QED) is 0.869. The number of hydrogen-bond donors (Lipinski definition) is 1. The molecule has 0 bridgehead atoms. The van der Waals surface area contributed by atoms with Crippen molar-refractivity contribution in [2.45, 2.75) is 27.7 Å². The lowest BCUT2D eigenvalue weighted by molar-refractivity contribution is 0.0743. The van der Waals surface area contributed by atoms with Crippen LogP contribution in [0.5, 0.6) is 0 Å². The molecule has 0 saturated carbocycles. The molecule has 0 aromatic heterocycles. The number of rotatable bonds is 5. The molecule has 1 amide bonds. The first kappa shape index (κ1) is 14.7. The first-order valence-electron chi connectivity index (χ1n) is 6.55. The van der Waals surface area contributed by atoms with Gasteiger partial charge in [-0.1, -0.05) is 24.1 Å². The largest absolute Gasteiger partial charge is 0.339 e. The average molecular weight is 248 g/mol. The molecule has 0 aliphatic rings. The minimum absolute atomic E-state index is 0.101. The van der Waals surface area contributed by atoms with Crippen molar-refractivity contribution in [2.75, 3.05) is 19.6 Å². The Morgan fingerprint density at radius 3 is 2.28 bits per heavy atom. The standard InChI is InChI=1S/C15H24N2O/c1-5-17(10-13(4)9-16)15(18)14-7-11(2)6-12(3)8-14/h6-8,13H,5,9-10,16H2,1-4H3. The summed E-state index contributed by atoms with van der Waals surface area (Å²) in [6.45, 7) is 10.2. The highest BCUT2D eigenvalue weighted by molar-refractivity contribution is 5.94. The van der Waals surface area contributed by atoms with Gasteiger partial charge in [-0.05, 0) is 45.4 Å². The monoisotopic (exact) mass is 248 g/mol. The highest BCUT2D eigenvalue weighted by atomic mass is 16.2. The fourth-order valence-corrected chi connectivity index (χ4v) is 2.09. The number of nitrogens with two attached hydrogens (primary N) is 1. The maximum absolute atomic E-state index is 12.4. The summed E-state index contributed by atoms with van der Waals surface area (Å²) in [7, 11) is 0. The Balaban J connectivity index is 2.89. The third-order valence-electron chi connectivity index (χ3n) is 3.07. The molecule has 0 spiro atoms.